The van der Waals surface area contributed by atoms with Crippen LogP contribution in [0.5, 0.6) is 0 Å². The third kappa shape index (κ3) is 1.77. The first-order chi connectivity index (χ1) is 7.63. The standard InChI is InChI=1S/C10H9BrN4O/c1-6(16)15-3-2-7-4-8(11)5-9(10(7)15)13-14-12/h4-5H,2-3H2,1H3. The highest BCUT2D eigenvalue weighted by Crippen LogP contribution is 2.40. The van der Waals surface area contributed by atoms with Gasteiger partial charge in [0, 0.05) is 22.9 Å². The highest BCUT2D eigenvalue weighted by Gasteiger charge is 2.25. The van der Waals surface area contributed by atoms with Gasteiger partial charge in [0.15, 0.2) is 0 Å². The summed E-state index contributed by atoms with van der Waals surface area (Å²) < 4.78 is 0.860. The van der Waals surface area contributed by atoms with Crippen molar-refractivity contribution >= 4 is 33.2 Å². The van der Waals surface area contributed by atoms with Crippen molar-refractivity contribution in [1.29, 1.82) is 0 Å². The fraction of sp³-hybridized carbons (Fsp3) is 0.300. The molecule has 1 heterocycles. The van der Waals surface area contributed by atoms with E-state index in [0.717, 1.165) is 22.1 Å². The van der Waals surface area contributed by atoms with Gasteiger partial charge in [0.1, 0.15) is 0 Å². The minimum Gasteiger partial charge on any atom is -0.312 e. The molecule has 1 aromatic carbocycles. The zero-order chi connectivity index (χ0) is 11.7. The number of anilines is 1. The zero-order valence-electron chi connectivity index (χ0n) is 8.64. The molecular formula is C10H9BrN4O. The van der Waals surface area contributed by atoms with E-state index in [1.807, 2.05) is 6.07 Å². The Balaban J connectivity index is 2.63. The fourth-order valence-corrected chi connectivity index (χ4v) is 2.42. The average Bonchev–Trinajstić information content (AvgIpc) is 2.61. The molecule has 1 aliphatic heterocycles. The first-order valence-electron chi connectivity index (χ1n) is 4.79. The molecule has 1 amide bonds. The monoisotopic (exact) mass is 280 g/mol. The Kier molecular flexibility index (Phi) is 2.85. The van der Waals surface area contributed by atoms with Crippen molar-refractivity contribution in [3.63, 3.8) is 0 Å². The predicted molar refractivity (Wildman–Crippen MR) is 64.7 cm³/mol. The SMILES string of the molecule is CC(=O)N1CCc2cc(Br)cc(N=[N+]=[N-])c21. The van der Waals surface area contributed by atoms with Crippen molar-refractivity contribution < 1.29 is 4.79 Å². The molecular weight excluding hydrogens is 272 g/mol. The highest BCUT2D eigenvalue weighted by molar-refractivity contribution is 9.10. The topological polar surface area (TPSA) is 69.1 Å². The van der Waals surface area contributed by atoms with Gasteiger partial charge in [-0.1, -0.05) is 21.0 Å². The van der Waals surface area contributed by atoms with Gasteiger partial charge in [-0.15, -0.1) is 0 Å². The third-order valence-corrected chi connectivity index (χ3v) is 3.00. The first kappa shape index (κ1) is 11.0. The number of hydrogen-bond donors (Lipinski definition) is 0. The Morgan fingerprint density at radius 1 is 1.62 bits per heavy atom. The molecule has 0 fully saturated rings. The van der Waals surface area contributed by atoms with Gasteiger partial charge in [0.2, 0.25) is 5.91 Å². The lowest BCUT2D eigenvalue weighted by molar-refractivity contribution is -0.116. The first-order valence-corrected chi connectivity index (χ1v) is 5.58. The summed E-state index contributed by atoms with van der Waals surface area (Å²) in [4.78, 5) is 15.9. The van der Waals surface area contributed by atoms with Crippen LogP contribution in [0.25, 0.3) is 10.4 Å². The Hall–Kier alpha value is -1.52. The molecule has 82 valence electrons. The second-order valence-corrected chi connectivity index (χ2v) is 4.46. The lowest BCUT2D eigenvalue weighted by Gasteiger charge is -2.16. The summed E-state index contributed by atoms with van der Waals surface area (Å²) in [7, 11) is 0. The van der Waals surface area contributed by atoms with Crippen LogP contribution in [-0.2, 0) is 11.2 Å². The summed E-state index contributed by atoms with van der Waals surface area (Å²) in [6.45, 7) is 2.16. The van der Waals surface area contributed by atoms with E-state index in [-0.39, 0.29) is 5.91 Å². The molecule has 0 radical (unpaired) electrons. The molecule has 2 rings (SSSR count). The van der Waals surface area contributed by atoms with Gasteiger partial charge in [-0.25, -0.2) is 0 Å². The molecule has 0 N–H and O–H groups in total. The number of azide groups is 1. The Labute approximate surface area is 101 Å². The minimum atomic E-state index is -0.0320. The van der Waals surface area contributed by atoms with Gasteiger partial charge in [-0.05, 0) is 29.6 Å². The molecule has 0 aromatic heterocycles. The molecule has 0 unspecified atom stereocenters. The normalized spacial score (nSPS) is 13.2. The van der Waals surface area contributed by atoms with Gasteiger partial charge < -0.3 is 4.90 Å². The van der Waals surface area contributed by atoms with Gasteiger partial charge in [0.25, 0.3) is 0 Å². The van der Waals surface area contributed by atoms with E-state index in [4.69, 9.17) is 5.53 Å². The third-order valence-electron chi connectivity index (χ3n) is 2.54. The number of carbonyl (C=O) groups is 1. The quantitative estimate of drug-likeness (QED) is 0.442. The van der Waals surface area contributed by atoms with Crippen LogP contribution >= 0.6 is 15.9 Å². The van der Waals surface area contributed by atoms with Crippen LogP contribution in [0.15, 0.2) is 21.7 Å². The van der Waals surface area contributed by atoms with Crippen LogP contribution in [-0.4, -0.2) is 12.5 Å². The molecule has 0 saturated carbocycles. The summed E-state index contributed by atoms with van der Waals surface area (Å²) in [5, 5.41) is 3.63. The minimum absolute atomic E-state index is 0.0320. The van der Waals surface area contributed by atoms with E-state index >= 15 is 0 Å². The Morgan fingerprint density at radius 2 is 2.38 bits per heavy atom. The second kappa shape index (κ2) is 4.15. The maximum Gasteiger partial charge on any atom is 0.223 e. The average molecular weight is 281 g/mol. The van der Waals surface area contributed by atoms with E-state index < -0.39 is 0 Å². The van der Waals surface area contributed by atoms with Gasteiger partial charge >= 0.3 is 0 Å². The van der Waals surface area contributed by atoms with Crippen molar-refractivity contribution in [3.8, 4) is 0 Å². The molecule has 0 saturated heterocycles. The highest BCUT2D eigenvalue weighted by atomic mass is 79.9. The summed E-state index contributed by atoms with van der Waals surface area (Å²) in [5.74, 6) is -0.0320. The number of benzene rings is 1. The largest absolute Gasteiger partial charge is 0.312 e. The fourth-order valence-electron chi connectivity index (χ4n) is 1.93. The molecule has 0 bridgehead atoms. The van der Waals surface area contributed by atoms with E-state index in [1.54, 1.807) is 11.0 Å². The van der Waals surface area contributed by atoms with E-state index in [2.05, 4.69) is 26.0 Å². The number of nitrogens with zero attached hydrogens (tertiary/aromatic N) is 4. The Bertz CT molecular complexity index is 508. The van der Waals surface area contributed by atoms with Gasteiger partial charge in [-0.2, -0.15) is 0 Å². The van der Waals surface area contributed by atoms with Crippen LogP contribution in [0, 0.1) is 0 Å². The smallest absolute Gasteiger partial charge is 0.223 e. The molecule has 0 aliphatic carbocycles. The van der Waals surface area contributed by atoms with Crippen LogP contribution in [0.1, 0.15) is 12.5 Å². The lowest BCUT2D eigenvalue weighted by atomic mass is 10.1. The molecule has 5 nitrogen and oxygen atoms in total. The number of hydrogen-bond acceptors (Lipinski definition) is 2. The number of carbonyl (C=O) groups excluding carboxylic acids is 1. The van der Waals surface area contributed by atoms with Crippen LogP contribution in [0.3, 0.4) is 0 Å². The van der Waals surface area contributed by atoms with Gasteiger partial charge in [0.05, 0.1) is 11.4 Å². The Morgan fingerprint density at radius 3 is 3.00 bits per heavy atom. The molecule has 1 aromatic rings. The maximum absolute atomic E-state index is 11.4. The summed E-state index contributed by atoms with van der Waals surface area (Å²) in [6.07, 6.45) is 0.794. The van der Waals surface area contributed by atoms with E-state index in [9.17, 15) is 4.79 Å². The summed E-state index contributed by atoms with van der Waals surface area (Å²) >= 11 is 3.36. The van der Waals surface area contributed by atoms with Crippen molar-refractivity contribution in [1.82, 2.24) is 0 Å². The molecule has 1 aliphatic rings. The van der Waals surface area contributed by atoms with Crippen molar-refractivity contribution in [2.45, 2.75) is 13.3 Å². The number of fused-ring (bicyclic) bond motifs is 1. The second-order valence-electron chi connectivity index (χ2n) is 3.54. The maximum atomic E-state index is 11.4. The molecule has 0 atom stereocenters. The number of rotatable bonds is 1. The lowest BCUT2D eigenvalue weighted by Crippen LogP contribution is -2.25. The molecule has 16 heavy (non-hydrogen) atoms. The van der Waals surface area contributed by atoms with Crippen LogP contribution in [0.2, 0.25) is 0 Å². The van der Waals surface area contributed by atoms with E-state index in [1.165, 1.54) is 6.92 Å². The number of halogens is 1. The number of amides is 1. The van der Waals surface area contributed by atoms with Crippen LogP contribution in [0.4, 0.5) is 11.4 Å². The van der Waals surface area contributed by atoms with Crippen molar-refractivity contribution in [3.05, 3.63) is 32.6 Å². The predicted octanol–water partition coefficient (Wildman–Crippen LogP) is 3.30. The molecule has 6 heteroatoms. The molecule has 0 spiro atoms. The van der Waals surface area contributed by atoms with E-state index in [0.29, 0.717) is 12.2 Å². The van der Waals surface area contributed by atoms with Crippen molar-refractivity contribution in [2.24, 2.45) is 5.11 Å². The summed E-state index contributed by atoms with van der Waals surface area (Å²) in [6, 6.07) is 3.68. The summed E-state index contributed by atoms with van der Waals surface area (Å²) in [5.41, 5.74) is 10.8. The zero-order valence-corrected chi connectivity index (χ0v) is 10.2. The van der Waals surface area contributed by atoms with Crippen molar-refractivity contribution in [2.75, 3.05) is 11.4 Å². The van der Waals surface area contributed by atoms with Crippen LogP contribution < -0.4 is 4.90 Å². The van der Waals surface area contributed by atoms with Gasteiger partial charge in [-0.3, -0.25) is 4.79 Å².